The number of allylic oxidation sites excluding steroid dienone is 2. The van der Waals surface area contributed by atoms with Crippen molar-refractivity contribution in [3.63, 3.8) is 0 Å². The molecule has 9 N–H and O–H groups in total. The van der Waals surface area contributed by atoms with E-state index in [4.69, 9.17) is 47.4 Å². The molecule has 23 nitrogen and oxygen atoms in total. The van der Waals surface area contributed by atoms with E-state index >= 15 is 0 Å². The summed E-state index contributed by atoms with van der Waals surface area (Å²) >= 11 is 0. The van der Waals surface area contributed by atoms with Crippen LogP contribution >= 0.6 is 0 Å². The van der Waals surface area contributed by atoms with E-state index in [1.165, 1.54) is 36.4 Å². The van der Waals surface area contributed by atoms with Gasteiger partial charge < -0.3 is 93.3 Å². The maximum atomic E-state index is 13.7. The predicted molar refractivity (Wildman–Crippen MR) is 241 cm³/mol. The Morgan fingerprint density at radius 1 is 0.583 bits per heavy atom. The lowest BCUT2D eigenvalue weighted by atomic mass is 9.86. The summed E-state index contributed by atoms with van der Waals surface area (Å²) in [4.78, 5) is 53.2. The highest BCUT2D eigenvalue weighted by Gasteiger charge is 2.49. The number of hydrogen-bond acceptors (Lipinski definition) is 23. The number of phenolic OH excluding ortho intramolecular Hbond substituents is 1. The van der Waals surface area contributed by atoms with Gasteiger partial charge in [0, 0.05) is 35.8 Å². The van der Waals surface area contributed by atoms with Gasteiger partial charge in [-0.1, -0.05) is 36.4 Å². The fourth-order valence-electron chi connectivity index (χ4n) is 8.31. The lowest BCUT2D eigenvalue weighted by molar-refractivity contribution is -0.327. The van der Waals surface area contributed by atoms with Gasteiger partial charge in [0.25, 0.3) is 0 Å². The maximum absolute atomic E-state index is 13.7. The van der Waals surface area contributed by atoms with Crippen molar-refractivity contribution in [2.75, 3.05) is 33.5 Å². The molecular formula is C49H60O23. The van der Waals surface area contributed by atoms with Gasteiger partial charge in [-0.05, 0) is 49.2 Å². The highest BCUT2D eigenvalue weighted by molar-refractivity contribution is 5.91. The van der Waals surface area contributed by atoms with Crippen molar-refractivity contribution in [1.82, 2.24) is 0 Å². The number of esters is 4. The summed E-state index contributed by atoms with van der Waals surface area (Å²) in [6, 6.07) is 12.6. The first-order valence-corrected chi connectivity index (χ1v) is 23.0. The number of benzene rings is 2. The van der Waals surface area contributed by atoms with Gasteiger partial charge in [0.1, 0.15) is 60.3 Å². The molecule has 0 unspecified atom stereocenters. The van der Waals surface area contributed by atoms with Crippen molar-refractivity contribution < 1.29 is 113 Å². The van der Waals surface area contributed by atoms with Crippen molar-refractivity contribution in [3.05, 3.63) is 107 Å². The zero-order valence-corrected chi connectivity index (χ0v) is 39.4. The van der Waals surface area contributed by atoms with Crippen LogP contribution in [0.15, 0.2) is 95.5 Å². The normalized spacial score (nSPS) is 31.6. The van der Waals surface area contributed by atoms with E-state index in [0.29, 0.717) is 12.0 Å². The second kappa shape index (κ2) is 25.7. The van der Waals surface area contributed by atoms with E-state index in [9.17, 15) is 65.1 Å². The summed E-state index contributed by atoms with van der Waals surface area (Å²) in [6.45, 7) is 1.55. The van der Waals surface area contributed by atoms with Gasteiger partial charge in [0.15, 0.2) is 12.6 Å². The molecule has 0 spiro atoms. The number of rotatable bonds is 19. The highest BCUT2D eigenvalue weighted by Crippen LogP contribution is 2.38. The van der Waals surface area contributed by atoms with Crippen molar-refractivity contribution >= 4 is 23.9 Å². The number of phenols is 1. The Balaban J connectivity index is 1.07. The number of aliphatic hydroxyl groups excluding tert-OH is 8. The van der Waals surface area contributed by atoms with Crippen LogP contribution < -0.4 is 4.74 Å². The molecule has 2 aromatic carbocycles. The van der Waals surface area contributed by atoms with Crippen LogP contribution in [-0.4, -0.2) is 177 Å². The molecular weight excluding hydrogens is 957 g/mol. The molecule has 0 aliphatic carbocycles. The van der Waals surface area contributed by atoms with Crippen LogP contribution in [0.3, 0.4) is 0 Å². The topological polar surface area (TPSA) is 343 Å². The molecule has 2 saturated heterocycles. The lowest BCUT2D eigenvalue weighted by Gasteiger charge is -2.42. The molecule has 0 amide bonds. The Morgan fingerprint density at radius 2 is 1.03 bits per heavy atom. The third kappa shape index (κ3) is 13.4. The second-order valence-corrected chi connectivity index (χ2v) is 17.0. The van der Waals surface area contributed by atoms with E-state index in [2.05, 4.69) is 0 Å². The molecule has 394 valence electrons. The zero-order valence-electron chi connectivity index (χ0n) is 39.4. The van der Waals surface area contributed by atoms with E-state index in [1.54, 1.807) is 38.1 Å². The molecule has 23 heteroatoms. The third-order valence-electron chi connectivity index (χ3n) is 12.4. The Kier molecular flexibility index (Phi) is 19.8. The van der Waals surface area contributed by atoms with E-state index < -0.39 is 136 Å². The average Bonchev–Trinajstić information content (AvgIpc) is 3.37. The molecule has 0 saturated carbocycles. The molecule has 2 fully saturated rings. The van der Waals surface area contributed by atoms with E-state index in [1.807, 2.05) is 0 Å². The van der Waals surface area contributed by atoms with Crippen molar-refractivity contribution in [2.45, 2.75) is 114 Å². The summed E-state index contributed by atoms with van der Waals surface area (Å²) in [5, 5.41) is 91.0. The van der Waals surface area contributed by atoms with Crippen LogP contribution in [0, 0.1) is 11.8 Å². The van der Waals surface area contributed by atoms with Gasteiger partial charge in [-0.2, -0.15) is 0 Å². The van der Waals surface area contributed by atoms with Gasteiger partial charge >= 0.3 is 23.9 Å². The molecule has 0 radical (unpaired) electrons. The monoisotopic (exact) mass is 1020 g/mol. The number of carbonyl (C=O) groups is 4. The smallest absolute Gasteiger partial charge is 0.337 e. The van der Waals surface area contributed by atoms with Crippen LogP contribution in [-0.2, 0) is 74.7 Å². The minimum absolute atomic E-state index is 0.0297. The summed E-state index contributed by atoms with van der Waals surface area (Å²) < 4.78 is 55.6. The quantitative estimate of drug-likeness (QED) is 0.0366. The molecule has 2 aromatic rings. The first-order valence-electron chi connectivity index (χ1n) is 23.0. The van der Waals surface area contributed by atoms with Gasteiger partial charge in [0.2, 0.25) is 12.6 Å². The van der Waals surface area contributed by atoms with Crippen LogP contribution in [0.25, 0.3) is 0 Å². The van der Waals surface area contributed by atoms with Crippen molar-refractivity contribution in [3.8, 4) is 11.5 Å². The van der Waals surface area contributed by atoms with Gasteiger partial charge in [0.05, 0.1) is 70.0 Å². The molecule has 4 heterocycles. The minimum atomic E-state index is -1.78. The summed E-state index contributed by atoms with van der Waals surface area (Å²) in [6.07, 6.45) is -14.1. The first kappa shape index (κ1) is 55.5. The second-order valence-electron chi connectivity index (χ2n) is 17.0. The minimum Gasteiger partial charge on any atom is -0.508 e. The summed E-state index contributed by atoms with van der Waals surface area (Å²) in [7, 11) is 1.14. The van der Waals surface area contributed by atoms with Crippen molar-refractivity contribution in [2.24, 2.45) is 11.8 Å². The van der Waals surface area contributed by atoms with Crippen LogP contribution in [0.1, 0.15) is 37.8 Å². The number of hydrogen-bond donors (Lipinski definition) is 9. The molecule has 6 rings (SSSR count). The lowest BCUT2D eigenvalue weighted by Crippen LogP contribution is -2.60. The number of ether oxygens (including phenoxy) is 10. The number of aliphatic hydroxyl groups is 8. The molecule has 4 aliphatic heterocycles. The van der Waals surface area contributed by atoms with Crippen molar-refractivity contribution in [1.29, 1.82) is 0 Å². The standard InChI is InChI=1S/C49H60O23/c1-4-28-30(18-36(53)64-16-14-24-6-10-26(52)11-7-24)33(23-67-46(28)71-48-42(59)40(57)38(55)34(20-50)69-48)45(62)65-17-15-25-8-12-27(13-9-25)68-37(54)19-31-29(5-2)47(66-22-32(31)44(61)63-3)72-49-43(60)41(58)39(56)35(21-51)70-49/h4-13,22-23,30-31,34-35,38-43,46-52,55-60H,14-21H2,1-3H3/t30-,31-,34-,35+,38-,39+,40+,41-,42-,43-,46-,47-,48+,49-/m1/s1. The molecule has 0 aromatic heterocycles. The van der Waals surface area contributed by atoms with E-state index in [-0.39, 0.29) is 53.4 Å². The maximum Gasteiger partial charge on any atom is 0.337 e. The Hall–Kier alpha value is -5.80. The SMILES string of the molecule is CC=C1[C@@H](O[C@H]2O[C@@H](CO)[C@H](O)[C@@H](O)[C@H]2O)OC=C(C(=O)OC)[C@@H]1CC(=O)Oc1ccc(CCOC(=O)C2=CO[C@H](O[C@@H]3O[C@H](CO)[C@@H](O)[C@H](O)[C@H]3O)C(=CC)[C@H]2CC(=O)OCCc2ccc(O)cc2)cc1. The molecule has 0 bridgehead atoms. The third-order valence-corrected chi connectivity index (χ3v) is 12.4. The van der Waals surface area contributed by atoms with Gasteiger partial charge in [-0.25, -0.2) is 9.59 Å². The fraction of sp³-hybridized carbons (Fsp3) is 0.510. The van der Waals surface area contributed by atoms with Crippen LogP contribution in [0.5, 0.6) is 11.5 Å². The van der Waals surface area contributed by atoms with Crippen LogP contribution in [0.4, 0.5) is 0 Å². The number of aromatic hydroxyl groups is 1. The summed E-state index contributed by atoms with van der Waals surface area (Å²) in [5.74, 6) is -5.05. The fourth-order valence-corrected chi connectivity index (χ4v) is 8.31. The average molecular weight is 1020 g/mol. The Labute approximate surface area is 412 Å². The first-order chi connectivity index (χ1) is 34.5. The van der Waals surface area contributed by atoms with Crippen LogP contribution in [0.2, 0.25) is 0 Å². The molecule has 14 atom stereocenters. The summed E-state index contributed by atoms with van der Waals surface area (Å²) in [5.41, 5.74) is 1.74. The van der Waals surface area contributed by atoms with Gasteiger partial charge in [-0.15, -0.1) is 0 Å². The zero-order chi connectivity index (χ0) is 52.2. The van der Waals surface area contributed by atoms with Gasteiger partial charge in [-0.3, -0.25) is 9.59 Å². The molecule has 4 aliphatic rings. The van der Waals surface area contributed by atoms with E-state index in [0.717, 1.165) is 25.2 Å². The largest absolute Gasteiger partial charge is 0.508 e. The number of carbonyl (C=O) groups excluding carboxylic acids is 4. The highest BCUT2D eigenvalue weighted by atomic mass is 16.8. The Morgan fingerprint density at radius 3 is 1.49 bits per heavy atom. The molecule has 72 heavy (non-hydrogen) atoms. The number of methoxy groups -OCH3 is 1. The Bertz CT molecular complexity index is 2290. The predicted octanol–water partition coefficient (Wildman–Crippen LogP) is -0.639.